The molecular weight excluding hydrogens is 413 g/mol. The fourth-order valence-corrected chi connectivity index (χ4v) is 7.04. The fraction of sp³-hybridized carbons (Fsp3) is 0.320. The van der Waals surface area contributed by atoms with Gasteiger partial charge in [0.2, 0.25) is 0 Å². The number of hydrogen-bond donors (Lipinski definition) is 0. The lowest BCUT2D eigenvalue weighted by Gasteiger charge is -2.44. The van der Waals surface area contributed by atoms with E-state index in [-0.39, 0.29) is 22.8 Å². The van der Waals surface area contributed by atoms with Gasteiger partial charge in [-0.05, 0) is 41.7 Å². The van der Waals surface area contributed by atoms with Gasteiger partial charge in [0.25, 0.3) is 0 Å². The summed E-state index contributed by atoms with van der Waals surface area (Å²) in [6, 6.07) is 15.5. The highest BCUT2D eigenvalue weighted by Crippen LogP contribution is 2.54. The number of nitrogens with zero attached hydrogens (tertiary/aromatic N) is 1. The first-order valence-corrected chi connectivity index (χ1v) is 12.2. The zero-order valence-corrected chi connectivity index (χ0v) is 18.4. The van der Waals surface area contributed by atoms with Gasteiger partial charge in [-0.1, -0.05) is 44.2 Å². The zero-order chi connectivity index (χ0) is 22.0. The zero-order valence-electron chi connectivity index (χ0n) is 17.6. The van der Waals surface area contributed by atoms with Crippen LogP contribution >= 0.6 is 0 Å². The average Bonchev–Trinajstić information content (AvgIpc) is 3.02. The van der Waals surface area contributed by atoms with E-state index in [1.807, 2.05) is 35.2 Å². The van der Waals surface area contributed by atoms with Gasteiger partial charge in [-0.2, -0.15) is 0 Å². The van der Waals surface area contributed by atoms with E-state index in [4.69, 9.17) is 0 Å². The van der Waals surface area contributed by atoms with Crippen LogP contribution in [0.25, 0.3) is 0 Å². The number of Topliss-reactive ketones (excluding diaryl/α,β-unsaturated/α-hetero) is 1. The molecule has 0 N–H and O–H groups in total. The standard InChI is InChI=1S/C25H24FNO3S/c1-25(2)14-20-23(21(28)15-25)22(16-8-10-17(26)11-9-16)24-19(12-13-31(24,29)30)27(20)18-6-4-3-5-7-18/h3-11,22H,12-15H2,1-2H3. The number of carbonyl (C=O) groups is 1. The van der Waals surface area contributed by atoms with Crippen LogP contribution in [0.3, 0.4) is 0 Å². The third kappa shape index (κ3) is 3.24. The Balaban J connectivity index is 1.83. The van der Waals surface area contributed by atoms with Crippen LogP contribution in [0, 0.1) is 11.2 Å². The van der Waals surface area contributed by atoms with Gasteiger partial charge in [0, 0.05) is 35.5 Å². The molecule has 1 aliphatic carbocycles. The van der Waals surface area contributed by atoms with Gasteiger partial charge in [-0.25, -0.2) is 12.8 Å². The molecule has 4 nitrogen and oxygen atoms in total. The highest BCUT2D eigenvalue weighted by Gasteiger charge is 2.50. The topological polar surface area (TPSA) is 54.5 Å². The molecule has 2 aromatic carbocycles. The van der Waals surface area contributed by atoms with Crippen molar-refractivity contribution in [3.8, 4) is 0 Å². The van der Waals surface area contributed by atoms with Crippen LogP contribution in [-0.4, -0.2) is 20.0 Å². The number of halogens is 1. The van der Waals surface area contributed by atoms with Crippen LogP contribution in [0.2, 0.25) is 0 Å². The summed E-state index contributed by atoms with van der Waals surface area (Å²) in [7, 11) is -3.54. The van der Waals surface area contributed by atoms with Gasteiger partial charge >= 0.3 is 0 Å². The molecule has 1 atom stereocenters. The van der Waals surface area contributed by atoms with E-state index in [1.54, 1.807) is 12.1 Å². The van der Waals surface area contributed by atoms with E-state index < -0.39 is 15.8 Å². The fourth-order valence-electron chi connectivity index (χ4n) is 5.20. The van der Waals surface area contributed by atoms with Crippen LogP contribution in [0.15, 0.2) is 76.5 Å². The second-order valence-electron chi connectivity index (χ2n) is 9.34. The maximum absolute atomic E-state index is 13.7. The summed E-state index contributed by atoms with van der Waals surface area (Å²) in [6.45, 7) is 4.14. The predicted octanol–water partition coefficient (Wildman–Crippen LogP) is 5.10. The molecule has 0 radical (unpaired) electrons. The largest absolute Gasteiger partial charge is 0.316 e. The van der Waals surface area contributed by atoms with E-state index in [0.29, 0.717) is 35.3 Å². The number of allylic oxidation sites excluding steroid dienone is 4. The quantitative estimate of drug-likeness (QED) is 0.656. The number of benzene rings is 2. The van der Waals surface area contributed by atoms with E-state index in [2.05, 4.69) is 13.8 Å². The molecule has 0 saturated carbocycles. The lowest BCUT2D eigenvalue weighted by atomic mass is 9.70. The van der Waals surface area contributed by atoms with Gasteiger partial charge in [0.15, 0.2) is 15.6 Å². The average molecular weight is 438 g/mol. The van der Waals surface area contributed by atoms with Gasteiger partial charge in [0.1, 0.15) is 5.82 Å². The maximum Gasteiger partial charge on any atom is 0.177 e. The molecule has 2 aliphatic heterocycles. The SMILES string of the molecule is CC1(C)CC(=O)C2=C(C1)N(c1ccccc1)C1=C(C2c2ccc(F)cc2)S(=O)(=O)CC1. The molecule has 160 valence electrons. The first-order valence-electron chi connectivity index (χ1n) is 10.5. The van der Waals surface area contributed by atoms with E-state index in [9.17, 15) is 17.6 Å². The second-order valence-corrected chi connectivity index (χ2v) is 11.4. The van der Waals surface area contributed by atoms with Gasteiger partial charge in [0.05, 0.1) is 16.6 Å². The summed E-state index contributed by atoms with van der Waals surface area (Å²) in [5, 5.41) is 0. The van der Waals surface area contributed by atoms with E-state index in [0.717, 1.165) is 17.1 Å². The third-order valence-electron chi connectivity index (χ3n) is 6.43. The van der Waals surface area contributed by atoms with E-state index >= 15 is 0 Å². The highest BCUT2D eigenvalue weighted by molar-refractivity contribution is 7.95. The number of anilines is 1. The summed E-state index contributed by atoms with van der Waals surface area (Å²) >= 11 is 0. The molecule has 0 bridgehead atoms. The Kier molecular flexibility index (Phi) is 4.49. The van der Waals surface area contributed by atoms with Crippen molar-refractivity contribution in [2.45, 2.75) is 39.0 Å². The first-order chi connectivity index (χ1) is 14.7. The van der Waals surface area contributed by atoms with Crippen molar-refractivity contribution < 1.29 is 17.6 Å². The van der Waals surface area contributed by atoms with Crippen LogP contribution in [0.5, 0.6) is 0 Å². The Morgan fingerprint density at radius 3 is 2.32 bits per heavy atom. The monoisotopic (exact) mass is 437 g/mol. The van der Waals surface area contributed by atoms with Crippen molar-refractivity contribution >= 4 is 21.3 Å². The molecule has 5 rings (SSSR count). The summed E-state index contributed by atoms with van der Waals surface area (Å²) in [5.74, 6) is -1.08. The van der Waals surface area contributed by atoms with Crippen LogP contribution < -0.4 is 4.90 Å². The Morgan fingerprint density at radius 2 is 1.65 bits per heavy atom. The summed E-state index contributed by atoms with van der Waals surface area (Å²) in [5.41, 5.74) is 3.43. The van der Waals surface area contributed by atoms with Crippen molar-refractivity contribution in [1.82, 2.24) is 0 Å². The minimum absolute atomic E-state index is 0.0246. The Labute approximate surface area is 182 Å². The molecule has 0 amide bonds. The van der Waals surface area contributed by atoms with Gasteiger partial charge in [-0.3, -0.25) is 4.79 Å². The number of hydrogen-bond acceptors (Lipinski definition) is 4. The maximum atomic E-state index is 13.7. The van der Waals surface area contributed by atoms with Crippen molar-refractivity contribution in [3.05, 3.63) is 87.9 Å². The molecule has 0 saturated heterocycles. The number of carbonyl (C=O) groups excluding carboxylic acids is 1. The van der Waals surface area contributed by atoms with Crippen molar-refractivity contribution in [2.24, 2.45) is 5.41 Å². The highest BCUT2D eigenvalue weighted by atomic mass is 32.2. The Hall–Kier alpha value is -2.73. The lowest BCUT2D eigenvalue weighted by molar-refractivity contribution is -0.118. The number of ketones is 1. The molecule has 3 aliphatic rings. The molecule has 0 spiro atoms. The van der Waals surface area contributed by atoms with Crippen LogP contribution in [0.4, 0.5) is 10.1 Å². The normalized spacial score (nSPS) is 24.3. The number of rotatable bonds is 2. The number of sulfone groups is 1. The minimum Gasteiger partial charge on any atom is -0.316 e. The van der Waals surface area contributed by atoms with Gasteiger partial charge in [-0.15, -0.1) is 0 Å². The van der Waals surface area contributed by atoms with Crippen LogP contribution in [-0.2, 0) is 14.6 Å². The molecular formula is C25H24FNO3S. The summed E-state index contributed by atoms with van der Waals surface area (Å²) < 4.78 is 40.1. The van der Waals surface area contributed by atoms with Crippen molar-refractivity contribution in [2.75, 3.05) is 10.7 Å². The molecule has 0 fully saturated rings. The minimum atomic E-state index is -3.54. The Morgan fingerprint density at radius 1 is 0.968 bits per heavy atom. The smallest absolute Gasteiger partial charge is 0.177 e. The molecule has 2 aromatic rings. The summed E-state index contributed by atoms with van der Waals surface area (Å²) in [4.78, 5) is 15.8. The third-order valence-corrected chi connectivity index (χ3v) is 8.31. The summed E-state index contributed by atoms with van der Waals surface area (Å²) in [6.07, 6.45) is 1.42. The molecule has 1 unspecified atom stereocenters. The lowest BCUT2D eigenvalue weighted by Crippen LogP contribution is -2.39. The predicted molar refractivity (Wildman–Crippen MR) is 119 cm³/mol. The first kappa shape index (κ1) is 20.2. The van der Waals surface area contributed by atoms with Crippen molar-refractivity contribution in [3.63, 3.8) is 0 Å². The molecule has 6 heteroatoms. The molecule has 0 aromatic heterocycles. The van der Waals surface area contributed by atoms with Gasteiger partial charge < -0.3 is 4.90 Å². The molecule has 31 heavy (non-hydrogen) atoms. The van der Waals surface area contributed by atoms with E-state index in [1.165, 1.54) is 12.1 Å². The Bertz CT molecular complexity index is 1240. The second kappa shape index (κ2) is 6.89. The van der Waals surface area contributed by atoms with Crippen LogP contribution in [0.1, 0.15) is 44.6 Å². The molecule has 2 heterocycles. The number of para-hydroxylation sites is 1. The van der Waals surface area contributed by atoms with Crippen molar-refractivity contribution in [1.29, 1.82) is 0 Å².